The van der Waals surface area contributed by atoms with Gasteiger partial charge in [-0.2, -0.15) is 0 Å². The molecule has 0 bridgehead atoms. The fourth-order valence-electron chi connectivity index (χ4n) is 1.85. The van der Waals surface area contributed by atoms with Gasteiger partial charge in [0.2, 0.25) is 6.79 Å². The van der Waals surface area contributed by atoms with Crippen molar-refractivity contribution in [1.82, 2.24) is 14.8 Å². The summed E-state index contributed by atoms with van der Waals surface area (Å²) in [6.07, 6.45) is 0. The molecule has 3 rings (SSSR count). The summed E-state index contributed by atoms with van der Waals surface area (Å²) in [6.45, 7) is 0.213. The molecule has 1 aromatic carbocycles. The van der Waals surface area contributed by atoms with Crippen LogP contribution in [0.3, 0.4) is 0 Å². The van der Waals surface area contributed by atoms with Crippen molar-refractivity contribution in [3.63, 3.8) is 0 Å². The Bertz CT molecular complexity index is 671. The highest BCUT2D eigenvalue weighted by molar-refractivity contribution is 7.99. The molecule has 0 fully saturated rings. The van der Waals surface area contributed by atoms with E-state index in [1.165, 1.54) is 0 Å². The van der Waals surface area contributed by atoms with Gasteiger partial charge in [0.1, 0.15) is 0 Å². The molecule has 0 saturated heterocycles. The molecule has 0 unspecified atom stereocenters. The molecule has 1 aromatic heterocycles. The number of carboxylic acids is 1. The highest BCUT2D eigenvalue weighted by atomic mass is 32.2. The van der Waals surface area contributed by atoms with E-state index in [4.69, 9.17) is 9.47 Å². The minimum Gasteiger partial charge on any atom is -0.549 e. The lowest BCUT2D eigenvalue weighted by Gasteiger charge is -2.05. The van der Waals surface area contributed by atoms with E-state index in [1.807, 2.05) is 12.1 Å². The van der Waals surface area contributed by atoms with Gasteiger partial charge < -0.3 is 23.9 Å². The molecule has 2 heterocycles. The van der Waals surface area contributed by atoms with Crippen LogP contribution in [-0.4, -0.2) is 33.3 Å². The highest BCUT2D eigenvalue weighted by Gasteiger charge is 2.17. The third kappa shape index (κ3) is 2.29. The first-order valence-electron chi connectivity index (χ1n) is 5.77. The molecule has 0 aliphatic carbocycles. The number of rotatable bonds is 4. The van der Waals surface area contributed by atoms with Gasteiger partial charge in [-0.1, -0.05) is 11.8 Å². The van der Waals surface area contributed by atoms with Crippen LogP contribution >= 0.6 is 11.8 Å². The lowest BCUT2D eigenvalue weighted by Crippen LogP contribution is -2.24. The van der Waals surface area contributed by atoms with Crippen molar-refractivity contribution < 1.29 is 19.4 Å². The number of aliphatic carboxylic acids is 1. The van der Waals surface area contributed by atoms with Crippen molar-refractivity contribution in [2.75, 3.05) is 12.5 Å². The Morgan fingerprint density at radius 2 is 2.20 bits per heavy atom. The molecule has 104 valence electrons. The van der Waals surface area contributed by atoms with Crippen molar-refractivity contribution in [1.29, 1.82) is 0 Å². The molecule has 0 atom stereocenters. The molecule has 1 aliphatic rings. The number of benzene rings is 1. The third-order valence-corrected chi connectivity index (χ3v) is 3.78. The maximum atomic E-state index is 10.5. The van der Waals surface area contributed by atoms with E-state index in [0.29, 0.717) is 22.5 Å². The van der Waals surface area contributed by atoms with Gasteiger partial charge in [-0.25, -0.2) is 0 Å². The zero-order chi connectivity index (χ0) is 14.1. The highest BCUT2D eigenvalue weighted by Crippen LogP contribution is 2.35. The van der Waals surface area contributed by atoms with Gasteiger partial charge in [-0.05, 0) is 18.2 Å². The van der Waals surface area contributed by atoms with Gasteiger partial charge in [0, 0.05) is 18.4 Å². The summed E-state index contributed by atoms with van der Waals surface area (Å²) in [5.41, 5.74) is 0.824. The minimum atomic E-state index is -1.14. The molecule has 0 amide bonds. The molecule has 20 heavy (non-hydrogen) atoms. The average molecular weight is 292 g/mol. The molecule has 0 saturated carbocycles. The van der Waals surface area contributed by atoms with Crippen molar-refractivity contribution in [3.05, 3.63) is 18.2 Å². The number of thioether (sulfide) groups is 1. The standard InChI is InChI=1S/C12H11N3O4S/c1-15-11(13-14-12(15)20-5-10(16)17)7-2-3-8-9(4-7)19-6-18-8/h2-4H,5-6H2,1H3,(H,16,17)/p-1. The summed E-state index contributed by atoms with van der Waals surface area (Å²) in [6, 6.07) is 5.48. The molecular formula is C12H10N3O4S-. The minimum absolute atomic E-state index is 0.160. The Kier molecular flexibility index (Phi) is 3.23. The van der Waals surface area contributed by atoms with Gasteiger partial charge in [-0.3, -0.25) is 0 Å². The fraction of sp³-hybridized carbons (Fsp3) is 0.250. The smallest absolute Gasteiger partial charge is 0.231 e. The Balaban J connectivity index is 1.89. The SMILES string of the molecule is Cn1c(SCC(=O)[O-])nnc1-c1ccc2c(c1)OCO2. The predicted molar refractivity (Wildman–Crippen MR) is 68.3 cm³/mol. The fourth-order valence-corrected chi connectivity index (χ4v) is 2.48. The molecule has 7 nitrogen and oxygen atoms in total. The summed E-state index contributed by atoms with van der Waals surface area (Å²) in [4.78, 5) is 10.5. The summed E-state index contributed by atoms with van der Waals surface area (Å²) < 4.78 is 12.3. The van der Waals surface area contributed by atoms with Crippen molar-refractivity contribution >= 4 is 17.7 Å². The summed E-state index contributed by atoms with van der Waals surface area (Å²) in [7, 11) is 1.78. The van der Waals surface area contributed by atoms with E-state index in [2.05, 4.69) is 10.2 Å². The van der Waals surface area contributed by atoms with Crippen LogP contribution in [0.15, 0.2) is 23.4 Å². The lowest BCUT2D eigenvalue weighted by atomic mass is 10.2. The van der Waals surface area contributed by atoms with Crippen LogP contribution in [0.5, 0.6) is 11.5 Å². The topological polar surface area (TPSA) is 89.3 Å². The molecule has 2 aromatic rings. The van der Waals surface area contributed by atoms with Gasteiger partial charge in [0.05, 0.1) is 5.97 Å². The van der Waals surface area contributed by atoms with Gasteiger partial charge in [0.15, 0.2) is 22.5 Å². The lowest BCUT2D eigenvalue weighted by molar-refractivity contribution is -0.301. The van der Waals surface area contributed by atoms with E-state index >= 15 is 0 Å². The van der Waals surface area contributed by atoms with Crippen LogP contribution in [0.25, 0.3) is 11.4 Å². The molecule has 8 heteroatoms. The second-order valence-electron chi connectivity index (χ2n) is 4.09. The first kappa shape index (κ1) is 12.8. The number of carboxylic acid groups (broad SMARTS) is 1. The maximum absolute atomic E-state index is 10.5. The molecular weight excluding hydrogens is 282 g/mol. The van der Waals surface area contributed by atoms with Crippen molar-refractivity contribution in [3.8, 4) is 22.9 Å². The monoisotopic (exact) mass is 292 g/mol. The van der Waals surface area contributed by atoms with Crippen LogP contribution in [-0.2, 0) is 11.8 Å². The van der Waals surface area contributed by atoms with E-state index in [1.54, 1.807) is 17.7 Å². The summed E-state index contributed by atoms with van der Waals surface area (Å²) in [5.74, 6) is 0.691. The zero-order valence-corrected chi connectivity index (χ0v) is 11.3. The summed E-state index contributed by atoms with van der Waals surface area (Å²) in [5, 5.41) is 19.0. The van der Waals surface area contributed by atoms with Crippen LogP contribution in [0.2, 0.25) is 0 Å². The number of aromatic nitrogens is 3. The Morgan fingerprint density at radius 3 is 3.00 bits per heavy atom. The number of hydrogen-bond acceptors (Lipinski definition) is 7. The van der Waals surface area contributed by atoms with Crippen molar-refractivity contribution in [2.24, 2.45) is 7.05 Å². The Hall–Kier alpha value is -2.22. The molecule has 1 aliphatic heterocycles. The number of ether oxygens (including phenoxy) is 2. The number of hydrogen-bond donors (Lipinski definition) is 0. The molecule has 0 N–H and O–H groups in total. The third-order valence-electron chi connectivity index (χ3n) is 2.78. The normalized spacial score (nSPS) is 12.7. The van der Waals surface area contributed by atoms with Crippen molar-refractivity contribution in [2.45, 2.75) is 5.16 Å². The quantitative estimate of drug-likeness (QED) is 0.736. The van der Waals surface area contributed by atoms with Crippen LogP contribution < -0.4 is 14.6 Å². The van der Waals surface area contributed by atoms with E-state index in [0.717, 1.165) is 17.3 Å². The second-order valence-corrected chi connectivity index (χ2v) is 5.04. The Morgan fingerprint density at radius 1 is 1.40 bits per heavy atom. The van der Waals surface area contributed by atoms with Gasteiger partial charge in [-0.15, -0.1) is 10.2 Å². The van der Waals surface area contributed by atoms with E-state index < -0.39 is 5.97 Å². The maximum Gasteiger partial charge on any atom is 0.231 e. The largest absolute Gasteiger partial charge is 0.549 e. The average Bonchev–Trinajstić information content (AvgIpc) is 3.02. The first-order valence-corrected chi connectivity index (χ1v) is 6.76. The van der Waals surface area contributed by atoms with Gasteiger partial charge >= 0.3 is 0 Å². The van der Waals surface area contributed by atoms with E-state index in [-0.39, 0.29) is 12.5 Å². The second kappa shape index (κ2) is 5.04. The van der Waals surface area contributed by atoms with Crippen LogP contribution in [0.1, 0.15) is 0 Å². The van der Waals surface area contributed by atoms with Crippen LogP contribution in [0, 0.1) is 0 Å². The summed E-state index contributed by atoms with van der Waals surface area (Å²) >= 11 is 1.07. The molecule has 0 radical (unpaired) electrons. The van der Waals surface area contributed by atoms with Gasteiger partial charge in [0.25, 0.3) is 0 Å². The predicted octanol–water partition coefficient (Wildman–Crippen LogP) is 0.0528. The van der Waals surface area contributed by atoms with E-state index in [9.17, 15) is 9.90 Å². The zero-order valence-electron chi connectivity index (χ0n) is 10.5. The number of fused-ring (bicyclic) bond motifs is 1. The van der Waals surface area contributed by atoms with Crippen LogP contribution in [0.4, 0.5) is 0 Å². The number of carbonyl (C=O) groups is 1. The first-order chi connectivity index (χ1) is 9.65. The number of nitrogens with zero attached hydrogens (tertiary/aromatic N) is 3. The number of carbonyl (C=O) groups excluding carboxylic acids is 1. The molecule has 0 spiro atoms. The Labute approximate surface area is 118 Å².